The Hall–Kier alpha value is -1.84. The van der Waals surface area contributed by atoms with Gasteiger partial charge in [0.25, 0.3) is 0 Å². The zero-order chi connectivity index (χ0) is 9.54. The summed E-state index contributed by atoms with van der Waals surface area (Å²) >= 11 is 0. The fourth-order valence-corrected chi connectivity index (χ4v) is 1.74. The number of amides is 2. The zero-order valence-corrected chi connectivity index (χ0v) is 7.40. The highest BCUT2D eigenvalue weighted by Crippen LogP contribution is 1.85. The van der Waals surface area contributed by atoms with Crippen LogP contribution in [0.4, 0.5) is 4.79 Å². The van der Waals surface area contributed by atoms with Crippen molar-refractivity contribution in [1.82, 2.24) is 0 Å². The van der Waals surface area contributed by atoms with E-state index in [4.69, 9.17) is 0 Å². The second kappa shape index (κ2) is 2.57. The van der Waals surface area contributed by atoms with Gasteiger partial charge in [-0.2, -0.15) is 9.98 Å². The van der Waals surface area contributed by atoms with Gasteiger partial charge < -0.3 is 0 Å². The molecule has 3 rings (SSSR count). The molecular formula is C10H7N3O. The van der Waals surface area contributed by atoms with Gasteiger partial charge in [0.2, 0.25) is 0 Å². The first-order valence-corrected chi connectivity index (χ1v) is 4.50. The van der Waals surface area contributed by atoms with E-state index >= 15 is 0 Å². The Morgan fingerprint density at radius 3 is 3.00 bits per heavy atom. The molecule has 4 heteroatoms. The molecule has 1 aromatic carbocycles. The van der Waals surface area contributed by atoms with Crippen molar-refractivity contribution < 1.29 is 4.79 Å². The Morgan fingerprint density at radius 1 is 1.14 bits per heavy atom. The van der Waals surface area contributed by atoms with Crippen molar-refractivity contribution in [2.75, 3.05) is 6.54 Å². The topological polar surface area (TPSA) is 54.1 Å². The average Bonchev–Trinajstić information content (AvgIpc) is 2.59. The van der Waals surface area contributed by atoms with E-state index < -0.39 is 6.03 Å². The zero-order valence-electron chi connectivity index (χ0n) is 7.40. The number of fused-ring (bicyclic) bond motifs is 3. The Labute approximate surface area is 79.0 Å². The third-order valence-electron chi connectivity index (χ3n) is 2.35. The summed E-state index contributed by atoms with van der Waals surface area (Å²) in [4.78, 5) is 23.0. The highest BCUT2D eigenvalue weighted by molar-refractivity contribution is 5.77. The molecule has 0 aliphatic carbocycles. The van der Waals surface area contributed by atoms with Gasteiger partial charge >= 0.3 is 6.03 Å². The largest absolute Gasteiger partial charge is 0.368 e. The summed E-state index contributed by atoms with van der Waals surface area (Å²) in [5.41, 5.74) is 0. The lowest BCUT2D eigenvalue weighted by molar-refractivity contribution is 0.256. The number of hydrogen-bond acceptors (Lipinski definition) is 2. The Kier molecular flexibility index (Phi) is 1.39. The fraction of sp³-hybridized carbons (Fsp3) is 0.200. The van der Waals surface area contributed by atoms with E-state index in [1.807, 2.05) is 12.1 Å². The summed E-state index contributed by atoms with van der Waals surface area (Å²) in [6.45, 7) is 0.771. The van der Waals surface area contributed by atoms with Crippen molar-refractivity contribution in [2.24, 2.45) is 15.0 Å². The molecule has 0 saturated heterocycles. The lowest BCUT2D eigenvalue weighted by Gasteiger charge is -1.97. The molecule has 1 aromatic rings. The van der Waals surface area contributed by atoms with Gasteiger partial charge in [-0.05, 0) is 17.7 Å². The minimum Gasteiger partial charge on any atom is -0.282 e. The number of hydrogen-bond donors (Lipinski definition) is 0. The first-order valence-electron chi connectivity index (χ1n) is 4.50. The quantitative estimate of drug-likeness (QED) is 0.504. The van der Waals surface area contributed by atoms with E-state index in [9.17, 15) is 4.79 Å². The van der Waals surface area contributed by atoms with Gasteiger partial charge in [0, 0.05) is 6.54 Å². The van der Waals surface area contributed by atoms with E-state index in [-0.39, 0.29) is 0 Å². The van der Waals surface area contributed by atoms with Crippen LogP contribution >= 0.6 is 0 Å². The standard InChI is InChI=1S/C10H7N3O/c14-10-12-7-4-3-6-2-1-5-11-8(6)9(7)13-10/h2-4H,1,5H2. The molecule has 2 heterocycles. The van der Waals surface area contributed by atoms with Crippen LogP contribution in [-0.4, -0.2) is 12.6 Å². The number of carbonyl (C=O) groups is 1. The predicted molar refractivity (Wildman–Crippen MR) is 48.9 cm³/mol. The van der Waals surface area contributed by atoms with Gasteiger partial charge in [-0.25, -0.2) is 4.79 Å². The molecule has 2 aliphatic heterocycles. The van der Waals surface area contributed by atoms with Crippen molar-refractivity contribution in [1.29, 1.82) is 0 Å². The summed E-state index contributed by atoms with van der Waals surface area (Å²) in [6, 6.07) is 3.34. The molecule has 4 nitrogen and oxygen atoms in total. The van der Waals surface area contributed by atoms with Gasteiger partial charge in [0.05, 0.1) is 10.7 Å². The minimum atomic E-state index is -0.422. The molecule has 0 atom stereocenters. The second-order valence-electron chi connectivity index (χ2n) is 3.25. The maximum Gasteiger partial charge on any atom is 0.368 e. The molecule has 0 saturated carbocycles. The van der Waals surface area contributed by atoms with Crippen molar-refractivity contribution in [3.63, 3.8) is 0 Å². The third-order valence-corrected chi connectivity index (χ3v) is 2.35. The van der Waals surface area contributed by atoms with Crippen molar-refractivity contribution >= 4 is 12.1 Å². The Bertz CT molecular complexity index is 658. The molecule has 0 spiro atoms. The smallest absolute Gasteiger partial charge is 0.282 e. The predicted octanol–water partition coefficient (Wildman–Crippen LogP) is -1.14. The van der Waals surface area contributed by atoms with Gasteiger partial charge in [0.1, 0.15) is 5.36 Å². The Morgan fingerprint density at radius 2 is 2.07 bits per heavy atom. The monoisotopic (exact) mass is 185 g/mol. The molecule has 0 fully saturated rings. The highest BCUT2D eigenvalue weighted by Gasteiger charge is 2.07. The van der Waals surface area contributed by atoms with Crippen LogP contribution < -0.4 is 21.3 Å². The first kappa shape index (κ1) is 7.55. The minimum absolute atomic E-state index is 0.422. The van der Waals surface area contributed by atoms with E-state index in [0.717, 1.165) is 23.5 Å². The van der Waals surface area contributed by atoms with Crippen LogP contribution in [0.2, 0.25) is 0 Å². The van der Waals surface area contributed by atoms with Gasteiger partial charge in [-0.1, -0.05) is 12.1 Å². The second-order valence-corrected chi connectivity index (χ2v) is 3.25. The van der Waals surface area contributed by atoms with E-state index in [1.165, 1.54) is 0 Å². The molecule has 2 amide bonds. The molecule has 0 unspecified atom stereocenters. The molecule has 0 bridgehead atoms. The SMILES string of the molecule is O=C1N=c2ccc3c(c2=N1)=NCCC=3. The number of benzene rings is 1. The molecule has 2 aliphatic rings. The van der Waals surface area contributed by atoms with Crippen molar-refractivity contribution in [3.05, 3.63) is 33.4 Å². The highest BCUT2D eigenvalue weighted by atomic mass is 16.2. The van der Waals surface area contributed by atoms with Crippen LogP contribution in [-0.2, 0) is 0 Å². The summed E-state index contributed by atoms with van der Waals surface area (Å²) in [6.07, 6.45) is 3.07. The van der Waals surface area contributed by atoms with Crippen LogP contribution in [0.5, 0.6) is 0 Å². The van der Waals surface area contributed by atoms with Crippen LogP contribution in [0, 0.1) is 0 Å². The van der Waals surface area contributed by atoms with Crippen LogP contribution in [0.3, 0.4) is 0 Å². The number of rotatable bonds is 0. The summed E-state index contributed by atoms with van der Waals surface area (Å²) in [5, 5.41) is 3.17. The first-order chi connectivity index (χ1) is 6.84. The van der Waals surface area contributed by atoms with Gasteiger partial charge in [0.15, 0.2) is 0 Å². The number of carbonyl (C=O) groups excluding carboxylic acids is 1. The normalized spacial score (nSPS) is 17.0. The van der Waals surface area contributed by atoms with E-state index in [1.54, 1.807) is 0 Å². The maximum atomic E-state index is 11.0. The third kappa shape index (κ3) is 0.937. The van der Waals surface area contributed by atoms with Gasteiger partial charge in [-0.15, -0.1) is 0 Å². The molecule has 0 aromatic heterocycles. The number of nitrogens with zero attached hydrogens (tertiary/aromatic N) is 3. The summed E-state index contributed by atoms with van der Waals surface area (Å²) < 4.78 is 0. The van der Waals surface area contributed by atoms with E-state index in [0.29, 0.717) is 10.7 Å². The van der Waals surface area contributed by atoms with E-state index in [2.05, 4.69) is 21.1 Å². The molecule has 0 N–H and O–H groups in total. The van der Waals surface area contributed by atoms with Crippen molar-refractivity contribution in [2.45, 2.75) is 6.42 Å². The van der Waals surface area contributed by atoms with Crippen LogP contribution in [0.1, 0.15) is 6.42 Å². The molecule has 0 radical (unpaired) electrons. The molecular weight excluding hydrogens is 178 g/mol. The van der Waals surface area contributed by atoms with Crippen molar-refractivity contribution in [3.8, 4) is 0 Å². The van der Waals surface area contributed by atoms with Crippen LogP contribution in [0.25, 0.3) is 6.08 Å². The summed E-state index contributed by atoms with van der Waals surface area (Å²) in [7, 11) is 0. The maximum absolute atomic E-state index is 11.0. The Balaban J connectivity index is 2.64. The molecule has 68 valence electrons. The summed E-state index contributed by atoms with van der Waals surface area (Å²) in [5.74, 6) is 0. The van der Waals surface area contributed by atoms with Crippen LogP contribution in [0.15, 0.2) is 27.1 Å². The number of urea groups is 1. The average molecular weight is 185 g/mol. The fourth-order valence-electron chi connectivity index (χ4n) is 1.74. The molecule has 14 heavy (non-hydrogen) atoms. The lowest BCUT2D eigenvalue weighted by Crippen LogP contribution is -2.48. The van der Waals surface area contributed by atoms with Gasteiger partial charge in [-0.3, -0.25) is 4.99 Å². The lowest BCUT2D eigenvalue weighted by atomic mass is 10.2.